The Kier molecular flexibility index (Phi) is 3.04. The van der Waals surface area contributed by atoms with Crippen molar-refractivity contribution in [3.8, 4) is 0 Å². The number of nitrogens with one attached hydrogen (secondary N) is 1. The molecule has 6 heteroatoms. The number of amides is 3. The Morgan fingerprint density at radius 3 is 2.50 bits per heavy atom. The summed E-state index contributed by atoms with van der Waals surface area (Å²) in [7, 11) is 0. The second-order valence-electron chi connectivity index (χ2n) is 5.78. The molecule has 2 fully saturated rings. The molecule has 0 unspecified atom stereocenters. The lowest BCUT2D eigenvalue weighted by molar-refractivity contribution is -0.126. The van der Waals surface area contributed by atoms with Crippen molar-refractivity contribution in [2.24, 2.45) is 11.8 Å². The maximum Gasteiger partial charge on any atom is 0.410 e. The summed E-state index contributed by atoms with van der Waals surface area (Å²) in [5.41, 5.74) is -0.554. The summed E-state index contributed by atoms with van der Waals surface area (Å²) in [5, 5.41) is 2.31. The molecule has 0 aliphatic carbocycles. The molecular formula is C12H18N2O4. The van der Waals surface area contributed by atoms with Gasteiger partial charge in [0.05, 0.1) is 11.8 Å². The van der Waals surface area contributed by atoms with E-state index in [2.05, 4.69) is 5.32 Å². The molecule has 0 aromatic carbocycles. The van der Waals surface area contributed by atoms with Crippen molar-refractivity contribution in [1.82, 2.24) is 10.2 Å². The number of carbonyl (C=O) groups is 3. The first-order valence-electron chi connectivity index (χ1n) is 6.10. The van der Waals surface area contributed by atoms with E-state index in [0.29, 0.717) is 13.0 Å². The van der Waals surface area contributed by atoms with Gasteiger partial charge in [-0.25, -0.2) is 4.79 Å². The molecule has 2 aliphatic heterocycles. The summed E-state index contributed by atoms with van der Waals surface area (Å²) in [6, 6.07) is 0. The van der Waals surface area contributed by atoms with E-state index >= 15 is 0 Å². The van der Waals surface area contributed by atoms with E-state index in [-0.39, 0.29) is 24.3 Å². The van der Waals surface area contributed by atoms with Gasteiger partial charge in [0.2, 0.25) is 11.8 Å². The van der Waals surface area contributed by atoms with E-state index in [1.165, 1.54) is 4.90 Å². The lowest BCUT2D eigenvalue weighted by atomic mass is 9.88. The van der Waals surface area contributed by atoms with Crippen LogP contribution in [0.2, 0.25) is 0 Å². The van der Waals surface area contributed by atoms with E-state index < -0.39 is 17.6 Å². The number of carbonyl (C=O) groups excluding carboxylic acids is 3. The van der Waals surface area contributed by atoms with Gasteiger partial charge in [0.1, 0.15) is 5.60 Å². The largest absolute Gasteiger partial charge is 0.444 e. The summed E-state index contributed by atoms with van der Waals surface area (Å²) in [4.78, 5) is 36.4. The topological polar surface area (TPSA) is 75.7 Å². The van der Waals surface area contributed by atoms with Crippen LogP contribution in [0, 0.1) is 11.8 Å². The molecule has 0 aromatic rings. The van der Waals surface area contributed by atoms with Crippen molar-refractivity contribution in [1.29, 1.82) is 0 Å². The molecule has 0 saturated carbocycles. The summed E-state index contributed by atoms with van der Waals surface area (Å²) in [6.45, 7) is 6.10. The van der Waals surface area contributed by atoms with Gasteiger partial charge in [0, 0.05) is 13.1 Å². The van der Waals surface area contributed by atoms with Gasteiger partial charge in [-0.15, -0.1) is 0 Å². The van der Waals surface area contributed by atoms with Crippen molar-refractivity contribution >= 4 is 17.9 Å². The fourth-order valence-corrected chi connectivity index (χ4v) is 2.33. The Morgan fingerprint density at radius 1 is 1.28 bits per heavy atom. The van der Waals surface area contributed by atoms with E-state index in [1.54, 1.807) is 20.8 Å². The van der Waals surface area contributed by atoms with Crippen LogP contribution in [0.4, 0.5) is 4.79 Å². The maximum atomic E-state index is 11.9. The highest BCUT2D eigenvalue weighted by molar-refractivity contribution is 6.05. The Balaban J connectivity index is 2.01. The minimum absolute atomic E-state index is 0.214. The van der Waals surface area contributed by atoms with E-state index in [0.717, 1.165) is 0 Å². The number of imide groups is 1. The number of likely N-dealkylation sites (tertiary alicyclic amines) is 1. The van der Waals surface area contributed by atoms with Gasteiger partial charge in [0.25, 0.3) is 0 Å². The Bertz CT molecular complexity index is 399. The average molecular weight is 254 g/mol. The number of hydrogen-bond donors (Lipinski definition) is 1. The van der Waals surface area contributed by atoms with E-state index in [1.807, 2.05) is 0 Å². The number of hydrogen-bond acceptors (Lipinski definition) is 4. The number of nitrogens with zero attached hydrogens (tertiary/aromatic N) is 1. The highest BCUT2D eigenvalue weighted by Crippen LogP contribution is 2.29. The van der Waals surface area contributed by atoms with Crippen LogP contribution in [-0.2, 0) is 14.3 Å². The molecule has 0 spiro atoms. The molecule has 2 aliphatic rings. The van der Waals surface area contributed by atoms with Gasteiger partial charge in [-0.3, -0.25) is 14.9 Å². The minimum atomic E-state index is -0.554. The van der Waals surface area contributed by atoms with Crippen LogP contribution >= 0.6 is 0 Å². The van der Waals surface area contributed by atoms with Crippen molar-refractivity contribution in [3.05, 3.63) is 0 Å². The number of piperidine rings is 1. The van der Waals surface area contributed by atoms with E-state index in [9.17, 15) is 14.4 Å². The molecular weight excluding hydrogens is 236 g/mol. The lowest BCUT2D eigenvalue weighted by Crippen LogP contribution is -2.46. The standard InChI is InChI=1S/C12H18N2O4/c1-12(2,3)18-11(17)14-5-4-7-8(6-14)10(16)13-9(7)15/h7-8H,4-6H2,1-3H3,(H,13,15,16)/t7-,8+/m1/s1. The summed E-state index contributed by atoms with van der Waals surface area (Å²) in [5.74, 6) is -1.19. The molecule has 0 aromatic heterocycles. The van der Waals surface area contributed by atoms with Crippen molar-refractivity contribution in [3.63, 3.8) is 0 Å². The first kappa shape index (κ1) is 12.9. The van der Waals surface area contributed by atoms with Crippen molar-refractivity contribution in [2.45, 2.75) is 32.8 Å². The molecule has 2 rings (SSSR count). The lowest BCUT2D eigenvalue weighted by Gasteiger charge is -2.33. The molecule has 2 saturated heterocycles. The van der Waals surface area contributed by atoms with Crippen LogP contribution in [0.25, 0.3) is 0 Å². The third-order valence-corrected chi connectivity index (χ3v) is 3.18. The molecule has 3 amide bonds. The molecule has 100 valence electrons. The zero-order valence-electron chi connectivity index (χ0n) is 10.9. The second kappa shape index (κ2) is 4.26. The molecule has 0 bridgehead atoms. The first-order chi connectivity index (χ1) is 8.28. The predicted molar refractivity (Wildman–Crippen MR) is 62.6 cm³/mol. The Morgan fingerprint density at radius 2 is 1.89 bits per heavy atom. The summed E-state index contributed by atoms with van der Waals surface area (Å²) >= 11 is 0. The maximum absolute atomic E-state index is 11.9. The highest BCUT2D eigenvalue weighted by atomic mass is 16.6. The van der Waals surface area contributed by atoms with Crippen LogP contribution in [-0.4, -0.2) is 41.5 Å². The predicted octanol–water partition coefficient (Wildman–Crippen LogP) is 0.516. The number of fused-ring (bicyclic) bond motifs is 1. The first-order valence-corrected chi connectivity index (χ1v) is 6.10. The summed E-state index contributed by atoms with van der Waals surface area (Å²) < 4.78 is 5.26. The van der Waals surface area contributed by atoms with E-state index in [4.69, 9.17) is 4.74 Å². The molecule has 0 radical (unpaired) electrons. The zero-order valence-corrected chi connectivity index (χ0v) is 10.9. The fraction of sp³-hybridized carbons (Fsp3) is 0.750. The van der Waals surface area contributed by atoms with Gasteiger partial charge in [0.15, 0.2) is 0 Å². The van der Waals surface area contributed by atoms with Gasteiger partial charge in [-0.2, -0.15) is 0 Å². The molecule has 18 heavy (non-hydrogen) atoms. The average Bonchev–Trinajstić information content (AvgIpc) is 2.52. The molecule has 1 N–H and O–H groups in total. The Hall–Kier alpha value is -1.59. The third kappa shape index (κ3) is 2.47. The monoisotopic (exact) mass is 254 g/mol. The number of ether oxygens (including phenoxy) is 1. The highest BCUT2D eigenvalue weighted by Gasteiger charge is 2.46. The minimum Gasteiger partial charge on any atom is -0.444 e. The third-order valence-electron chi connectivity index (χ3n) is 3.18. The van der Waals surface area contributed by atoms with Gasteiger partial charge >= 0.3 is 6.09 Å². The molecule has 2 heterocycles. The SMILES string of the molecule is CC(C)(C)OC(=O)N1CC[C@H]2C(=O)NC(=O)[C@H]2C1. The normalized spacial score (nSPS) is 27.8. The zero-order chi connectivity index (χ0) is 13.5. The van der Waals surface area contributed by atoms with Crippen molar-refractivity contribution in [2.75, 3.05) is 13.1 Å². The quantitative estimate of drug-likeness (QED) is 0.639. The van der Waals surface area contributed by atoms with Crippen LogP contribution in [0.5, 0.6) is 0 Å². The second-order valence-corrected chi connectivity index (χ2v) is 5.78. The Labute approximate surface area is 106 Å². The summed E-state index contributed by atoms with van der Waals surface area (Å²) in [6.07, 6.45) is 0.0923. The van der Waals surface area contributed by atoms with Crippen LogP contribution in [0.15, 0.2) is 0 Å². The van der Waals surface area contributed by atoms with Gasteiger partial charge < -0.3 is 9.64 Å². The fourth-order valence-electron chi connectivity index (χ4n) is 2.33. The van der Waals surface area contributed by atoms with Crippen LogP contribution in [0.1, 0.15) is 27.2 Å². The van der Waals surface area contributed by atoms with Crippen molar-refractivity contribution < 1.29 is 19.1 Å². The number of rotatable bonds is 0. The smallest absolute Gasteiger partial charge is 0.410 e. The van der Waals surface area contributed by atoms with Gasteiger partial charge in [-0.05, 0) is 27.2 Å². The molecule has 2 atom stereocenters. The molecule has 6 nitrogen and oxygen atoms in total. The van der Waals surface area contributed by atoms with Gasteiger partial charge in [-0.1, -0.05) is 0 Å². The van der Waals surface area contributed by atoms with Crippen LogP contribution < -0.4 is 5.32 Å². The van der Waals surface area contributed by atoms with Crippen LogP contribution in [0.3, 0.4) is 0 Å².